The molecule has 0 radical (unpaired) electrons. The molecule has 0 aromatic heterocycles. The molecule has 1 amide bonds. The van der Waals surface area contributed by atoms with E-state index in [1.807, 2.05) is 0 Å². The van der Waals surface area contributed by atoms with Crippen molar-refractivity contribution in [1.29, 1.82) is 0 Å². The first-order valence-corrected chi connectivity index (χ1v) is 6.09. The summed E-state index contributed by atoms with van der Waals surface area (Å²) >= 11 is 0. The molecule has 16 heavy (non-hydrogen) atoms. The highest BCUT2D eigenvalue weighted by atomic mass is 16.5. The summed E-state index contributed by atoms with van der Waals surface area (Å²) in [6.07, 6.45) is 3.83. The van der Waals surface area contributed by atoms with Gasteiger partial charge in [0, 0.05) is 13.0 Å². The van der Waals surface area contributed by atoms with Gasteiger partial charge in [0.1, 0.15) is 0 Å². The maximum Gasteiger partial charge on any atom is 0.223 e. The highest BCUT2D eigenvalue weighted by Gasteiger charge is 2.19. The minimum absolute atomic E-state index is 0.0415. The fourth-order valence-electron chi connectivity index (χ4n) is 1.76. The van der Waals surface area contributed by atoms with E-state index >= 15 is 0 Å². The largest absolute Gasteiger partial charge is 0.394 e. The van der Waals surface area contributed by atoms with E-state index in [2.05, 4.69) is 19.2 Å². The third kappa shape index (κ3) is 6.08. The topological polar surface area (TPSA) is 58.6 Å². The quantitative estimate of drug-likeness (QED) is 0.629. The first kappa shape index (κ1) is 15.4. The minimum atomic E-state index is -0.284. The molecule has 0 rings (SSSR count). The molecule has 0 heterocycles. The Hall–Kier alpha value is -0.610. The Labute approximate surface area is 98.4 Å². The van der Waals surface area contributed by atoms with Crippen LogP contribution in [-0.2, 0) is 9.53 Å². The van der Waals surface area contributed by atoms with Crippen LogP contribution in [0.15, 0.2) is 0 Å². The normalized spacial score (nSPS) is 12.8. The fraction of sp³-hybridized carbons (Fsp3) is 0.917. The molecule has 0 aromatic rings. The predicted molar refractivity (Wildman–Crippen MR) is 64.2 cm³/mol. The zero-order valence-electron chi connectivity index (χ0n) is 10.7. The summed E-state index contributed by atoms with van der Waals surface area (Å²) in [6, 6.07) is -0.284. The van der Waals surface area contributed by atoms with Gasteiger partial charge in [0.25, 0.3) is 0 Å². The van der Waals surface area contributed by atoms with Crippen LogP contribution < -0.4 is 5.32 Å². The van der Waals surface area contributed by atoms with E-state index in [-0.39, 0.29) is 24.5 Å². The highest BCUT2D eigenvalue weighted by Crippen LogP contribution is 2.13. The number of rotatable bonds is 9. The van der Waals surface area contributed by atoms with Gasteiger partial charge in [-0.1, -0.05) is 26.7 Å². The summed E-state index contributed by atoms with van der Waals surface area (Å²) in [5, 5.41) is 11.9. The first-order chi connectivity index (χ1) is 7.69. The summed E-state index contributed by atoms with van der Waals surface area (Å²) in [7, 11) is 1.56. The van der Waals surface area contributed by atoms with Crippen molar-refractivity contribution in [2.75, 3.05) is 20.3 Å². The van der Waals surface area contributed by atoms with Crippen molar-refractivity contribution in [3.63, 3.8) is 0 Å². The number of methoxy groups -OCH3 is 1. The SMILES string of the molecule is CCCC(CCC)C(=O)NC(CO)COC. The second-order valence-electron chi connectivity index (χ2n) is 4.12. The molecule has 0 aliphatic heterocycles. The van der Waals surface area contributed by atoms with E-state index in [1.54, 1.807) is 7.11 Å². The Bertz CT molecular complexity index is 179. The second kappa shape index (κ2) is 9.60. The van der Waals surface area contributed by atoms with Gasteiger partial charge in [0.15, 0.2) is 0 Å². The Morgan fingerprint density at radius 1 is 1.31 bits per heavy atom. The van der Waals surface area contributed by atoms with Gasteiger partial charge in [-0.15, -0.1) is 0 Å². The summed E-state index contributed by atoms with van der Waals surface area (Å²) < 4.78 is 4.92. The van der Waals surface area contributed by atoms with E-state index in [1.165, 1.54) is 0 Å². The molecule has 0 fully saturated rings. The van der Waals surface area contributed by atoms with Gasteiger partial charge in [0.05, 0.1) is 19.3 Å². The van der Waals surface area contributed by atoms with Crippen LogP contribution >= 0.6 is 0 Å². The molecule has 1 unspecified atom stereocenters. The Morgan fingerprint density at radius 3 is 2.25 bits per heavy atom. The molecule has 1 atom stereocenters. The molecule has 0 saturated carbocycles. The third-order valence-electron chi connectivity index (χ3n) is 2.58. The van der Waals surface area contributed by atoms with E-state index in [9.17, 15) is 4.79 Å². The van der Waals surface area contributed by atoms with Crippen LogP contribution in [0.5, 0.6) is 0 Å². The monoisotopic (exact) mass is 231 g/mol. The molecule has 0 aliphatic carbocycles. The average Bonchev–Trinajstić information content (AvgIpc) is 2.28. The van der Waals surface area contributed by atoms with Gasteiger partial charge in [-0.05, 0) is 12.8 Å². The van der Waals surface area contributed by atoms with Crippen LogP contribution in [0.3, 0.4) is 0 Å². The van der Waals surface area contributed by atoms with Crippen molar-refractivity contribution < 1.29 is 14.6 Å². The maximum absolute atomic E-state index is 11.9. The van der Waals surface area contributed by atoms with Gasteiger partial charge >= 0.3 is 0 Å². The Balaban J connectivity index is 4.14. The van der Waals surface area contributed by atoms with Crippen molar-refractivity contribution >= 4 is 5.91 Å². The van der Waals surface area contributed by atoms with Gasteiger partial charge in [-0.3, -0.25) is 4.79 Å². The molecule has 0 spiro atoms. The molecule has 4 heteroatoms. The van der Waals surface area contributed by atoms with Crippen molar-refractivity contribution in [3.8, 4) is 0 Å². The number of aliphatic hydroxyl groups excluding tert-OH is 1. The van der Waals surface area contributed by atoms with E-state index < -0.39 is 0 Å². The number of hydrogen-bond donors (Lipinski definition) is 2. The summed E-state index contributed by atoms with van der Waals surface area (Å²) in [4.78, 5) is 11.9. The standard InChI is InChI=1S/C12H25NO3/c1-4-6-10(7-5-2)12(15)13-11(8-14)9-16-3/h10-11,14H,4-9H2,1-3H3,(H,13,15). The predicted octanol–water partition coefficient (Wildman–Crippen LogP) is 1.33. The molecule has 0 saturated heterocycles. The number of amides is 1. The van der Waals surface area contributed by atoms with E-state index in [0.717, 1.165) is 25.7 Å². The van der Waals surface area contributed by atoms with Crippen LogP contribution in [0.2, 0.25) is 0 Å². The van der Waals surface area contributed by atoms with E-state index in [0.29, 0.717) is 6.61 Å². The van der Waals surface area contributed by atoms with Crippen LogP contribution in [0.4, 0.5) is 0 Å². The zero-order chi connectivity index (χ0) is 12.4. The zero-order valence-corrected chi connectivity index (χ0v) is 10.7. The lowest BCUT2D eigenvalue weighted by Gasteiger charge is -2.20. The lowest BCUT2D eigenvalue weighted by atomic mass is 9.97. The lowest BCUT2D eigenvalue weighted by molar-refractivity contribution is -0.127. The summed E-state index contributed by atoms with van der Waals surface area (Å²) in [5.74, 6) is 0.112. The van der Waals surface area contributed by atoms with Crippen molar-refractivity contribution in [3.05, 3.63) is 0 Å². The second-order valence-corrected chi connectivity index (χ2v) is 4.12. The fourth-order valence-corrected chi connectivity index (χ4v) is 1.76. The smallest absolute Gasteiger partial charge is 0.223 e. The molecule has 4 nitrogen and oxygen atoms in total. The molecule has 0 aromatic carbocycles. The highest BCUT2D eigenvalue weighted by molar-refractivity contribution is 5.78. The Morgan fingerprint density at radius 2 is 1.88 bits per heavy atom. The van der Waals surface area contributed by atoms with Crippen molar-refractivity contribution in [2.24, 2.45) is 5.92 Å². The number of carbonyl (C=O) groups excluding carboxylic acids is 1. The van der Waals surface area contributed by atoms with E-state index in [4.69, 9.17) is 9.84 Å². The number of carbonyl (C=O) groups is 1. The van der Waals surface area contributed by atoms with Crippen LogP contribution in [0.1, 0.15) is 39.5 Å². The number of aliphatic hydroxyl groups is 1. The van der Waals surface area contributed by atoms with Gasteiger partial charge in [-0.25, -0.2) is 0 Å². The number of ether oxygens (including phenoxy) is 1. The lowest BCUT2D eigenvalue weighted by Crippen LogP contribution is -2.43. The minimum Gasteiger partial charge on any atom is -0.394 e. The molecular formula is C12H25NO3. The molecule has 0 bridgehead atoms. The molecule has 0 aliphatic rings. The maximum atomic E-state index is 11.9. The van der Waals surface area contributed by atoms with Crippen molar-refractivity contribution in [1.82, 2.24) is 5.32 Å². The van der Waals surface area contributed by atoms with Gasteiger partial charge < -0.3 is 15.2 Å². The first-order valence-electron chi connectivity index (χ1n) is 6.09. The molecule has 96 valence electrons. The number of nitrogens with one attached hydrogen (secondary N) is 1. The number of hydrogen-bond acceptors (Lipinski definition) is 3. The van der Waals surface area contributed by atoms with Gasteiger partial charge in [0.2, 0.25) is 5.91 Å². The van der Waals surface area contributed by atoms with Crippen LogP contribution in [0.25, 0.3) is 0 Å². The van der Waals surface area contributed by atoms with Crippen LogP contribution in [0, 0.1) is 5.92 Å². The summed E-state index contributed by atoms with van der Waals surface area (Å²) in [5.41, 5.74) is 0. The molecular weight excluding hydrogens is 206 g/mol. The molecule has 2 N–H and O–H groups in total. The third-order valence-corrected chi connectivity index (χ3v) is 2.58. The summed E-state index contributed by atoms with van der Waals surface area (Å²) in [6.45, 7) is 4.43. The average molecular weight is 231 g/mol. The van der Waals surface area contributed by atoms with Gasteiger partial charge in [-0.2, -0.15) is 0 Å². The Kier molecular flexibility index (Phi) is 9.24. The van der Waals surface area contributed by atoms with Crippen molar-refractivity contribution in [2.45, 2.75) is 45.6 Å². The van der Waals surface area contributed by atoms with Crippen LogP contribution in [-0.4, -0.2) is 37.4 Å².